The minimum absolute atomic E-state index is 0.0615. The Kier molecular flexibility index (Phi) is 18.7. The molecule has 3 aliphatic heterocycles. The van der Waals surface area contributed by atoms with Crippen LogP contribution >= 0.6 is 0 Å². The van der Waals surface area contributed by atoms with E-state index in [9.17, 15) is 65.4 Å². The number of ketones is 2. The second-order valence-electron chi connectivity index (χ2n) is 12.9. The maximum absolute atomic E-state index is 12.3. The smallest absolute Gasteiger partial charge is 0.220 e. The van der Waals surface area contributed by atoms with E-state index in [4.69, 9.17) is 28.4 Å². The zero-order chi connectivity index (χ0) is 38.5. The van der Waals surface area contributed by atoms with E-state index in [1.165, 1.54) is 0 Å². The molecule has 0 spiro atoms. The van der Waals surface area contributed by atoms with Crippen molar-refractivity contribution in [2.75, 3.05) is 46.6 Å². The van der Waals surface area contributed by atoms with Gasteiger partial charge in [0, 0.05) is 32.2 Å². The van der Waals surface area contributed by atoms with Crippen molar-refractivity contribution in [3.8, 4) is 0 Å². The Morgan fingerprint density at radius 3 is 1.75 bits per heavy atom. The standard InChI is InChI=1S/C31H54N2O19/c1-32-10-15(37)7-6-14(36)4-2-3-5-19(38)33-8-9-47-30-27(46)28(52-31-26(45)24(43)21(40)17(12-35)50-31)22(41)18(51-30)13-48-29-25(44)23(42)20(39)16(11-34)49-29/h16-18,20-32,34-35,39-46H,2-13H2,1H3,(H,33,38)/t16-,17-,18?,20-,21-,22-,23+,24+,25+,26+,27+,28+,29+,30+,31-/m1/s1. The first-order valence-electron chi connectivity index (χ1n) is 17.2. The van der Waals surface area contributed by atoms with E-state index in [0.717, 1.165) is 0 Å². The van der Waals surface area contributed by atoms with Crippen LogP contribution in [0.5, 0.6) is 0 Å². The fraction of sp³-hybridized carbons (Fsp3) is 0.903. The molecule has 3 heterocycles. The van der Waals surface area contributed by atoms with Crippen LogP contribution in [-0.4, -0.2) is 207 Å². The SMILES string of the molecule is CNCC(=O)CCC(=O)CCCCC(=O)NCCO[C@H]1OC(CO[C@H]2O[C@H](CO)[C@@H](O)[C@H](O)[C@@H]2O)[C@@H](O)[C@H](O[C@H]2O[C@H](CO)[C@@H](O)[C@H](O)[C@@H]2O)[C@@H]1O. The minimum Gasteiger partial charge on any atom is -0.394 e. The summed E-state index contributed by atoms with van der Waals surface area (Å²) in [5.41, 5.74) is 0. The van der Waals surface area contributed by atoms with Gasteiger partial charge in [0.15, 0.2) is 18.9 Å². The Morgan fingerprint density at radius 1 is 0.596 bits per heavy atom. The van der Waals surface area contributed by atoms with Gasteiger partial charge >= 0.3 is 0 Å². The van der Waals surface area contributed by atoms with E-state index < -0.39 is 112 Å². The fourth-order valence-corrected chi connectivity index (χ4v) is 5.82. The van der Waals surface area contributed by atoms with Crippen LogP contribution in [0, 0.1) is 0 Å². The number of rotatable bonds is 21. The van der Waals surface area contributed by atoms with Crippen molar-refractivity contribution in [3.63, 3.8) is 0 Å². The molecule has 3 saturated heterocycles. The van der Waals surface area contributed by atoms with Gasteiger partial charge in [0.1, 0.15) is 84.8 Å². The topological polar surface area (TPSA) is 333 Å². The lowest BCUT2D eigenvalue weighted by Gasteiger charge is -2.46. The normalized spacial score (nSPS) is 38.2. The number of hydrogen-bond donors (Lipinski definition) is 12. The number of nitrogens with one attached hydrogen (secondary N) is 2. The lowest BCUT2D eigenvalue weighted by Crippen LogP contribution is -2.65. The largest absolute Gasteiger partial charge is 0.394 e. The van der Waals surface area contributed by atoms with Crippen LogP contribution in [0.2, 0.25) is 0 Å². The number of likely N-dealkylation sites (N-methyl/N-ethyl adjacent to an activating group) is 1. The molecule has 0 aromatic rings. The maximum Gasteiger partial charge on any atom is 0.220 e. The van der Waals surface area contributed by atoms with Crippen molar-refractivity contribution in [2.45, 2.75) is 131 Å². The summed E-state index contributed by atoms with van der Waals surface area (Å²) in [5, 5.41) is 108. The molecule has 1 amide bonds. The van der Waals surface area contributed by atoms with E-state index in [0.29, 0.717) is 12.8 Å². The number of aliphatic hydroxyl groups is 10. The highest BCUT2D eigenvalue weighted by atomic mass is 16.7. The molecular formula is C31H54N2O19. The first-order chi connectivity index (χ1) is 24.7. The summed E-state index contributed by atoms with van der Waals surface area (Å²) in [5.74, 6) is -0.482. The molecule has 302 valence electrons. The second kappa shape index (κ2) is 21.9. The molecule has 3 fully saturated rings. The van der Waals surface area contributed by atoms with Crippen LogP contribution in [0.4, 0.5) is 0 Å². The molecule has 0 aromatic carbocycles. The van der Waals surface area contributed by atoms with Crippen LogP contribution in [0.1, 0.15) is 38.5 Å². The van der Waals surface area contributed by atoms with Gasteiger partial charge in [-0.1, -0.05) is 0 Å². The third kappa shape index (κ3) is 12.3. The molecule has 1 unspecified atom stereocenters. The van der Waals surface area contributed by atoms with Gasteiger partial charge in [-0.3, -0.25) is 14.4 Å². The molecule has 21 nitrogen and oxygen atoms in total. The van der Waals surface area contributed by atoms with Crippen LogP contribution < -0.4 is 10.6 Å². The van der Waals surface area contributed by atoms with Crippen molar-refractivity contribution >= 4 is 17.5 Å². The third-order valence-electron chi connectivity index (χ3n) is 8.93. The second-order valence-corrected chi connectivity index (χ2v) is 12.9. The van der Waals surface area contributed by atoms with E-state index in [1.807, 2.05) is 0 Å². The van der Waals surface area contributed by atoms with E-state index >= 15 is 0 Å². The summed E-state index contributed by atoms with van der Waals surface area (Å²) in [6, 6.07) is 0. The van der Waals surface area contributed by atoms with Crippen molar-refractivity contribution in [1.82, 2.24) is 10.6 Å². The summed E-state index contributed by atoms with van der Waals surface area (Å²) in [6.07, 6.45) is -23.6. The predicted octanol–water partition coefficient (Wildman–Crippen LogP) is -6.73. The van der Waals surface area contributed by atoms with Crippen LogP contribution in [0.15, 0.2) is 0 Å². The summed E-state index contributed by atoms with van der Waals surface area (Å²) in [6.45, 7) is -2.26. The molecule has 0 bridgehead atoms. The Balaban J connectivity index is 1.57. The number of unbranched alkanes of at least 4 members (excludes halogenated alkanes) is 1. The molecule has 21 heteroatoms. The van der Waals surface area contributed by atoms with E-state index in [2.05, 4.69) is 10.6 Å². The zero-order valence-corrected chi connectivity index (χ0v) is 28.8. The molecule has 15 atom stereocenters. The van der Waals surface area contributed by atoms with Crippen molar-refractivity contribution in [1.29, 1.82) is 0 Å². The summed E-state index contributed by atoms with van der Waals surface area (Å²) in [7, 11) is 1.64. The molecule has 12 N–H and O–H groups in total. The molecule has 0 aliphatic carbocycles. The monoisotopic (exact) mass is 758 g/mol. The Hall–Kier alpha value is -1.87. The molecule has 0 radical (unpaired) electrons. The van der Waals surface area contributed by atoms with Gasteiger partial charge in [0.25, 0.3) is 0 Å². The number of carbonyl (C=O) groups excluding carboxylic acids is 3. The summed E-state index contributed by atoms with van der Waals surface area (Å²) in [4.78, 5) is 35.8. The highest BCUT2D eigenvalue weighted by Crippen LogP contribution is 2.31. The number of aliphatic hydroxyl groups excluding tert-OH is 10. The molecule has 3 rings (SSSR count). The number of carbonyl (C=O) groups is 3. The Bertz CT molecular complexity index is 1100. The molecule has 0 saturated carbocycles. The highest BCUT2D eigenvalue weighted by molar-refractivity contribution is 5.87. The van der Waals surface area contributed by atoms with Gasteiger partial charge in [0.05, 0.1) is 33.0 Å². The van der Waals surface area contributed by atoms with Gasteiger partial charge < -0.3 is 90.1 Å². The maximum atomic E-state index is 12.3. The first-order valence-corrected chi connectivity index (χ1v) is 17.2. The van der Waals surface area contributed by atoms with Crippen molar-refractivity contribution in [2.24, 2.45) is 0 Å². The lowest BCUT2D eigenvalue weighted by atomic mass is 9.96. The van der Waals surface area contributed by atoms with Gasteiger partial charge in [-0.05, 0) is 19.9 Å². The van der Waals surface area contributed by atoms with Gasteiger partial charge in [-0.2, -0.15) is 0 Å². The first kappa shape index (κ1) is 44.5. The number of ether oxygens (including phenoxy) is 6. The van der Waals surface area contributed by atoms with Crippen molar-refractivity contribution < 1.29 is 93.9 Å². The average Bonchev–Trinajstić information content (AvgIpc) is 3.12. The van der Waals surface area contributed by atoms with Gasteiger partial charge in [-0.15, -0.1) is 0 Å². The average molecular weight is 759 g/mol. The number of Topliss-reactive ketones (excluding diaryl/α,β-unsaturated/α-hetero) is 2. The number of amides is 1. The van der Waals surface area contributed by atoms with E-state index in [1.54, 1.807) is 7.05 Å². The quantitative estimate of drug-likeness (QED) is 0.0484. The van der Waals surface area contributed by atoms with Crippen LogP contribution in [0.3, 0.4) is 0 Å². The highest BCUT2D eigenvalue weighted by Gasteiger charge is 2.52. The molecular weight excluding hydrogens is 704 g/mol. The number of hydrogen-bond acceptors (Lipinski definition) is 20. The zero-order valence-electron chi connectivity index (χ0n) is 28.8. The van der Waals surface area contributed by atoms with Crippen LogP contribution in [-0.2, 0) is 42.8 Å². The fourth-order valence-electron chi connectivity index (χ4n) is 5.82. The summed E-state index contributed by atoms with van der Waals surface area (Å²) >= 11 is 0. The molecule has 3 aliphatic rings. The molecule has 0 aromatic heterocycles. The predicted molar refractivity (Wildman–Crippen MR) is 170 cm³/mol. The summed E-state index contributed by atoms with van der Waals surface area (Å²) < 4.78 is 33.1. The van der Waals surface area contributed by atoms with E-state index in [-0.39, 0.29) is 62.9 Å². The van der Waals surface area contributed by atoms with Crippen LogP contribution in [0.25, 0.3) is 0 Å². The minimum atomic E-state index is -1.90. The Labute approximate surface area is 299 Å². The van der Waals surface area contributed by atoms with Crippen molar-refractivity contribution in [3.05, 3.63) is 0 Å². The Morgan fingerprint density at radius 2 is 1.13 bits per heavy atom. The third-order valence-corrected chi connectivity index (χ3v) is 8.93. The lowest BCUT2D eigenvalue weighted by molar-refractivity contribution is -0.366. The molecule has 52 heavy (non-hydrogen) atoms. The van der Waals surface area contributed by atoms with Gasteiger partial charge in [-0.25, -0.2) is 0 Å². The van der Waals surface area contributed by atoms with Gasteiger partial charge in [0.2, 0.25) is 5.91 Å².